The van der Waals surface area contributed by atoms with Gasteiger partial charge < -0.3 is 4.90 Å². The predicted molar refractivity (Wildman–Crippen MR) is 80.8 cm³/mol. The van der Waals surface area contributed by atoms with E-state index in [9.17, 15) is 0 Å². The lowest BCUT2D eigenvalue weighted by Crippen LogP contribution is -2.10. The molecule has 2 aliphatic rings. The minimum absolute atomic E-state index is 0.922. The number of rotatable bonds is 4. The van der Waals surface area contributed by atoms with Crippen molar-refractivity contribution in [2.75, 3.05) is 20.1 Å². The van der Waals surface area contributed by atoms with Gasteiger partial charge in [0.1, 0.15) is 0 Å². The van der Waals surface area contributed by atoms with E-state index >= 15 is 0 Å². The molecule has 1 saturated heterocycles. The van der Waals surface area contributed by atoms with Crippen molar-refractivity contribution >= 4 is 11.3 Å². The first kappa shape index (κ1) is 13.8. The molecule has 2 heteroatoms. The molecule has 18 heavy (non-hydrogen) atoms. The molecule has 1 aromatic heterocycles. The molecule has 0 bridgehead atoms. The lowest BCUT2D eigenvalue weighted by atomic mass is 10.1. The molecule has 0 aromatic carbocycles. The van der Waals surface area contributed by atoms with Gasteiger partial charge >= 0.3 is 0 Å². The quantitative estimate of drug-likeness (QED) is 0.794. The Balaban J connectivity index is 0.000000169. The van der Waals surface area contributed by atoms with Gasteiger partial charge in [0.25, 0.3) is 0 Å². The van der Waals surface area contributed by atoms with Gasteiger partial charge in [-0.2, -0.15) is 0 Å². The monoisotopic (exact) mass is 261 g/mol. The maximum absolute atomic E-state index is 3.91. The van der Waals surface area contributed by atoms with E-state index in [2.05, 4.69) is 42.8 Å². The fourth-order valence-corrected chi connectivity index (χ4v) is 2.99. The highest BCUT2D eigenvalue weighted by atomic mass is 32.1. The van der Waals surface area contributed by atoms with Crippen molar-refractivity contribution in [2.45, 2.75) is 32.1 Å². The van der Waals surface area contributed by atoms with E-state index in [1.165, 1.54) is 48.4 Å². The Kier molecular flexibility index (Phi) is 5.45. The fourth-order valence-electron chi connectivity index (χ4n) is 2.09. The fraction of sp³-hybridized carbons (Fsp3) is 0.500. The molecule has 0 amide bonds. The zero-order valence-electron chi connectivity index (χ0n) is 11.3. The molecule has 2 heterocycles. The van der Waals surface area contributed by atoms with Crippen molar-refractivity contribution in [1.29, 1.82) is 0 Å². The van der Waals surface area contributed by atoms with Crippen LogP contribution in [0.2, 0.25) is 0 Å². The second-order valence-electron chi connectivity index (χ2n) is 5.02. The van der Waals surface area contributed by atoms with E-state index < -0.39 is 0 Å². The standard InChI is InChI=1S/C11H12S.C5H11N/c1-2-10-7-8-12-11(10)6-5-9-3-4-9;1-6-4-2-3-5-6/h3,5,7-8H,1-2,4,6H2;2-5H2,1H3. The summed E-state index contributed by atoms with van der Waals surface area (Å²) in [5, 5.41) is 2.16. The minimum atomic E-state index is 0.922. The summed E-state index contributed by atoms with van der Waals surface area (Å²) in [6, 6.07) is 2.18. The summed E-state index contributed by atoms with van der Waals surface area (Å²) in [6.07, 6.45) is 10.7. The van der Waals surface area contributed by atoms with E-state index in [1.807, 2.05) is 11.3 Å². The summed E-state index contributed by atoms with van der Waals surface area (Å²) in [5.41, 5.74) is 2.93. The Bertz CT molecular complexity index is 386. The van der Waals surface area contributed by atoms with Crippen LogP contribution in [0, 0.1) is 13.3 Å². The van der Waals surface area contributed by atoms with Crippen LogP contribution in [-0.4, -0.2) is 25.0 Å². The average Bonchev–Trinajstić information content (AvgIpc) is 2.89. The molecule has 0 unspecified atom stereocenters. The number of likely N-dealkylation sites (tertiary alicyclic amines) is 1. The highest BCUT2D eigenvalue weighted by Gasteiger charge is 2.09. The summed E-state index contributed by atoms with van der Waals surface area (Å²) in [4.78, 5) is 3.85. The highest BCUT2D eigenvalue weighted by molar-refractivity contribution is 7.10. The van der Waals surface area contributed by atoms with Gasteiger partial charge in [-0.05, 0) is 82.6 Å². The summed E-state index contributed by atoms with van der Waals surface area (Å²) in [7, 11) is 2.17. The third-order valence-electron chi connectivity index (χ3n) is 3.43. The van der Waals surface area contributed by atoms with Crippen molar-refractivity contribution in [3.8, 4) is 0 Å². The average molecular weight is 261 g/mol. The van der Waals surface area contributed by atoms with Crippen LogP contribution in [0.4, 0.5) is 0 Å². The van der Waals surface area contributed by atoms with Gasteiger partial charge in [-0.25, -0.2) is 0 Å². The van der Waals surface area contributed by atoms with Crippen molar-refractivity contribution in [2.24, 2.45) is 0 Å². The largest absolute Gasteiger partial charge is 0.306 e. The summed E-state index contributed by atoms with van der Waals surface area (Å²) in [5.74, 6) is 0. The molecule has 0 N–H and O–H groups in total. The first-order valence-corrected chi connectivity index (χ1v) is 7.73. The van der Waals surface area contributed by atoms with E-state index in [0.29, 0.717) is 0 Å². The maximum atomic E-state index is 3.91. The van der Waals surface area contributed by atoms with Crippen molar-refractivity contribution in [3.63, 3.8) is 0 Å². The molecule has 1 aliphatic carbocycles. The third-order valence-corrected chi connectivity index (χ3v) is 4.41. The molecular weight excluding hydrogens is 238 g/mol. The molecule has 0 spiro atoms. The van der Waals surface area contributed by atoms with Gasteiger partial charge in [-0.15, -0.1) is 11.3 Å². The van der Waals surface area contributed by atoms with Gasteiger partial charge in [-0.1, -0.05) is 11.6 Å². The van der Waals surface area contributed by atoms with Crippen molar-refractivity contribution in [3.05, 3.63) is 46.9 Å². The number of allylic oxidation sites excluding steroid dienone is 2. The predicted octanol–water partition coefficient (Wildman–Crippen LogP) is 3.91. The van der Waals surface area contributed by atoms with E-state index in [0.717, 1.165) is 12.8 Å². The molecule has 1 aromatic rings. The SMILES string of the molecule is CN1CCCC1.[CH2]Cc1ccsc1C[CH]C1=CC1. The Morgan fingerprint density at radius 3 is 2.61 bits per heavy atom. The van der Waals surface area contributed by atoms with Crippen LogP contribution in [0.15, 0.2) is 23.1 Å². The Morgan fingerprint density at radius 2 is 2.11 bits per heavy atom. The second kappa shape index (κ2) is 7.10. The van der Waals surface area contributed by atoms with Gasteiger partial charge in [0.2, 0.25) is 0 Å². The van der Waals surface area contributed by atoms with Gasteiger partial charge in [0.05, 0.1) is 0 Å². The summed E-state index contributed by atoms with van der Waals surface area (Å²) >= 11 is 1.85. The molecule has 1 fully saturated rings. The molecule has 3 rings (SSSR count). The van der Waals surface area contributed by atoms with Gasteiger partial charge in [0.15, 0.2) is 0 Å². The van der Waals surface area contributed by atoms with Crippen molar-refractivity contribution < 1.29 is 0 Å². The molecule has 0 atom stereocenters. The summed E-state index contributed by atoms with van der Waals surface area (Å²) in [6.45, 7) is 6.55. The number of hydrogen-bond acceptors (Lipinski definition) is 2. The Morgan fingerprint density at radius 1 is 1.39 bits per heavy atom. The smallest absolute Gasteiger partial charge is 0.00833 e. The Labute approximate surface area is 116 Å². The molecule has 1 aliphatic heterocycles. The molecular formula is C16H23NS. The zero-order chi connectivity index (χ0) is 12.8. The number of nitrogens with zero attached hydrogens (tertiary/aromatic N) is 1. The van der Waals surface area contributed by atoms with Crippen LogP contribution in [0.25, 0.3) is 0 Å². The molecule has 1 nitrogen and oxygen atoms in total. The molecule has 2 radical (unpaired) electrons. The first-order valence-electron chi connectivity index (χ1n) is 6.85. The maximum Gasteiger partial charge on any atom is 0.00833 e. The zero-order valence-corrected chi connectivity index (χ0v) is 12.1. The second-order valence-corrected chi connectivity index (χ2v) is 6.02. The van der Waals surface area contributed by atoms with Gasteiger partial charge in [0, 0.05) is 4.88 Å². The molecule has 98 valence electrons. The molecule has 0 saturated carbocycles. The highest BCUT2D eigenvalue weighted by Crippen LogP contribution is 2.26. The van der Waals surface area contributed by atoms with E-state index in [4.69, 9.17) is 0 Å². The van der Waals surface area contributed by atoms with Crippen LogP contribution in [0.1, 0.15) is 29.7 Å². The van der Waals surface area contributed by atoms with Crippen molar-refractivity contribution in [1.82, 2.24) is 4.90 Å². The lowest BCUT2D eigenvalue weighted by molar-refractivity contribution is 0.418. The normalized spacial score (nSPS) is 18.2. The van der Waals surface area contributed by atoms with Crippen LogP contribution in [0.3, 0.4) is 0 Å². The van der Waals surface area contributed by atoms with E-state index in [-0.39, 0.29) is 0 Å². The van der Waals surface area contributed by atoms with Crippen LogP contribution < -0.4 is 0 Å². The van der Waals surface area contributed by atoms with E-state index in [1.54, 1.807) is 0 Å². The lowest BCUT2D eigenvalue weighted by Gasteiger charge is -2.01. The van der Waals surface area contributed by atoms with Crippen LogP contribution >= 0.6 is 11.3 Å². The van der Waals surface area contributed by atoms with Crippen LogP contribution in [-0.2, 0) is 12.8 Å². The topological polar surface area (TPSA) is 3.24 Å². The third kappa shape index (κ3) is 4.58. The Hall–Kier alpha value is -0.600. The number of thiophene rings is 1. The van der Waals surface area contributed by atoms with Gasteiger partial charge in [-0.3, -0.25) is 0 Å². The minimum Gasteiger partial charge on any atom is -0.306 e. The first-order chi connectivity index (χ1) is 8.79. The van der Waals surface area contributed by atoms with Crippen LogP contribution in [0.5, 0.6) is 0 Å². The number of hydrogen-bond donors (Lipinski definition) is 0. The summed E-state index contributed by atoms with van der Waals surface area (Å²) < 4.78 is 0.